The highest BCUT2D eigenvalue weighted by molar-refractivity contribution is 5.80. The summed E-state index contributed by atoms with van der Waals surface area (Å²) in [7, 11) is 0. The van der Waals surface area contributed by atoms with Gasteiger partial charge in [-0.05, 0) is 60.7 Å². The summed E-state index contributed by atoms with van der Waals surface area (Å²) < 4.78 is 0. The Balaban J connectivity index is 1.35. The number of aromatic nitrogens is 4. The van der Waals surface area contributed by atoms with Crippen molar-refractivity contribution in [2.24, 2.45) is 0 Å². The number of nitrogens with zero attached hydrogens (tertiary/aromatic N) is 4. The zero-order valence-electron chi connectivity index (χ0n) is 20.5. The molecule has 38 heavy (non-hydrogen) atoms. The summed E-state index contributed by atoms with van der Waals surface area (Å²) in [6.07, 6.45) is 1.73. The topological polar surface area (TPSA) is 75.6 Å². The first kappa shape index (κ1) is 23.1. The Morgan fingerprint density at radius 3 is 1.45 bits per heavy atom. The van der Waals surface area contributed by atoms with E-state index in [-0.39, 0.29) is 0 Å². The molecule has 0 spiro atoms. The standard InChI is InChI=1S/C32H24N6/c1-3-9-25(10-4-1)34-27-18-14-23(15-19-27)30-31(37-38-32(36-30)29-13-7-8-22-33-29)24-16-20-28(21-17-24)35-26-11-5-2-6-12-26/h1-22,34-35H. The van der Waals surface area contributed by atoms with E-state index in [1.807, 2.05) is 127 Å². The van der Waals surface area contributed by atoms with Gasteiger partial charge in [-0.1, -0.05) is 66.7 Å². The van der Waals surface area contributed by atoms with E-state index in [1.54, 1.807) is 6.20 Å². The van der Waals surface area contributed by atoms with Gasteiger partial charge in [0.25, 0.3) is 0 Å². The van der Waals surface area contributed by atoms with Gasteiger partial charge in [0.2, 0.25) is 5.82 Å². The molecule has 2 N–H and O–H groups in total. The zero-order valence-corrected chi connectivity index (χ0v) is 20.5. The molecule has 6 rings (SSSR count). The third-order valence-corrected chi connectivity index (χ3v) is 6.02. The van der Waals surface area contributed by atoms with Crippen molar-refractivity contribution in [3.05, 3.63) is 134 Å². The molecule has 0 aliphatic heterocycles. The Labute approximate surface area is 221 Å². The van der Waals surface area contributed by atoms with Crippen molar-refractivity contribution < 1.29 is 0 Å². The fourth-order valence-electron chi connectivity index (χ4n) is 4.12. The molecule has 0 atom stereocenters. The largest absolute Gasteiger partial charge is 0.356 e. The van der Waals surface area contributed by atoms with Crippen LogP contribution in [0, 0.1) is 0 Å². The van der Waals surface area contributed by atoms with Gasteiger partial charge < -0.3 is 10.6 Å². The van der Waals surface area contributed by atoms with Crippen LogP contribution in [0.3, 0.4) is 0 Å². The molecule has 2 aromatic heterocycles. The van der Waals surface area contributed by atoms with Gasteiger partial charge >= 0.3 is 0 Å². The highest BCUT2D eigenvalue weighted by atomic mass is 15.2. The maximum Gasteiger partial charge on any atom is 0.201 e. The fraction of sp³-hybridized carbons (Fsp3) is 0. The predicted octanol–water partition coefficient (Wildman–Crippen LogP) is 7.75. The van der Waals surface area contributed by atoms with Gasteiger partial charge in [-0.25, -0.2) is 4.98 Å². The lowest BCUT2D eigenvalue weighted by Crippen LogP contribution is -2.01. The normalized spacial score (nSPS) is 10.6. The van der Waals surface area contributed by atoms with Crippen LogP contribution in [-0.4, -0.2) is 20.2 Å². The molecule has 0 saturated carbocycles. The van der Waals surface area contributed by atoms with Gasteiger partial charge in [0.15, 0.2) is 0 Å². The zero-order chi connectivity index (χ0) is 25.6. The molecule has 0 radical (unpaired) electrons. The lowest BCUT2D eigenvalue weighted by molar-refractivity contribution is 0.981. The average Bonchev–Trinajstić information content (AvgIpc) is 2.99. The van der Waals surface area contributed by atoms with Crippen LogP contribution in [-0.2, 0) is 0 Å². The molecule has 2 heterocycles. The number of hydrogen-bond donors (Lipinski definition) is 2. The van der Waals surface area contributed by atoms with Gasteiger partial charge in [0.1, 0.15) is 17.1 Å². The monoisotopic (exact) mass is 492 g/mol. The fourth-order valence-corrected chi connectivity index (χ4v) is 4.12. The van der Waals surface area contributed by atoms with E-state index in [1.165, 1.54) is 0 Å². The van der Waals surface area contributed by atoms with Crippen LogP contribution in [0.15, 0.2) is 134 Å². The molecule has 4 aromatic carbocycles. The second-order valence-corrected chi connectivity index (χ2v) is 8.68. The summed E-state index contributed by atoms with van der Waals surface area (Å²) in [4.78, 5) is 9.34. The van der Waals surface area contributed by atoms with Gasteiger partial charge in [0, 0.05) is 40.1 Å². The van der Waals surface area contributed by atoms with Crippen LogP contribution in [0.25, 0.3) is 34.0 Å². The highest BCUT2D eigenvalue weighted by Gasteiger charge is 2.15. The second kappa shape index (κ2) is 10.7. The van der Waals surface area contributed by atoms with Crippen molar-refractivity contribution in [1.29, 1.82) is 0 Å². The number of nitrogens with one attached hydrogen (secondary N) is 2. The predicted molar refractivity (Wildman–Crippen MR) is 153 cm³/mol. The quantitative estimate of drug-likeness (QED) is 0.237. The third-order valence-electron chi connectivity index (χ3n) is 6.02. The number of benzene rings is 4. The van der Waals surface area contributed by atoms with Crippen LogP contribution < -0.4 is 10.6 Å². The van der Waals surface area contributed by atoms with Gasteiger partial charge in [-0.3, -0.25) is 4.98 Å². The molecular formula is C32H24N6. The SMILES string of the molecule is c1ccc(Nc2ccc(-c3nnc(-c4ccccn4)nc3-c3ccc(Nc4ccccc4)cc3)cc2)cc1. The number of hydrogen-bond acceptors (Lipinski definition) is 6. The molecule has 0 bridgehead atoms. The van der Waals surface area contributed by atoms with E-state index >= 15 is 0 Å². The van der Waals surface area contributed by atoms with Crippen molar-refractivity contribution in [2.45, 2.75) is 0 Å². The number of anilines is 4. The summed E-state index contributed by atoms with van der Waals surface area (Å²) in [5, 5.41) is 15.9. The minimum absolute atomic E-state index is 0.484. The Kier molecular flexibility index (Phi) is 6.51. The van der Waals surface area contributed by atoms with Crippen LogP contribution in [0.4, 0.5) is 22.7 Å². The lowest BCUT2D eigenvalue weighted by atomic mass is 10.0. The highest BCUT2D eigenvalue weighted by Crippen LogP contribution is 2.32. The summed E-state index contributed by atoms with van der Waals surface area (Å²) in [5.41, 5.74) is 8.05. The van der Waals surface area contributed by atoms with Crippen molar-refractivity contribution in [2.75, 3.05) is 10.6 Å². The maximum absolute atomic E-state index is 4.92. The number of para-hydroxylation sites is 2. The van der Waals surface area contributed by atoms with Crippen molar-refractivity contribution in [3.63, 3.8) is 0 Å². The lowest BCUT2D eigenvalue weighted by Gasteiger charge is -2.12. The van der Waals surface area contributed by atoms with Crippen molar-refractivity contribution >= 4 is 22.7 Å². The van der Waals surface area contributed by atoms with Crippen molar-refractivity contribution in [1.82, 2.24) is 20.2 Å². The van der Waals surface area contributed by atoms with E-state index in [2.05, 4.69) is 25.8 Å². The summed E-state index contributed by atoms with van der Waals surface area (Å²) in [6.45, 7) is 0. The van der Waals surface area contributed by atoms with E-state index in [9.17, 15) is 0 Å². The molecule has 6 nitrogen and oxygen atoms in total. The Morgan fingerprint density at radius 2 is 0.921 bits per heavy atom. The Morgan fingerprint density at radius 1 is 0.421 bits per heavy atom. The molecule has 0 aliphatic rings. The first-order chi connectivity index (χ1) is 18.8. The first-order valence-corrected chi connectivity index (χ1v) is 12.3. The van der Waals surface area contributed by atoms with Crippen LogP contribution >= 0.6 is 0 Å². The van der Waals surface area contributed by atoms with E-state index < -0.39 is 0 Å². The molecule has 6 aromatic rings. The molecule has 0 unspecified atom stereocenters. The van der Waals surface area contributed by atoms with Gasteiger partial charge in [0.05, 0.1) is 0 Å². The number of rotatable bonds is 7. The molecule has 182 valence electrons. The molecular weight excluding hydrogens is 468 g/mol. The molecule has 0 fully saturated rings. The maximum atomic E-state index is 4.92. The molecule has 0 aliphatic carbocycles. The first-order valence-electron chi connectivity index (χ1n) is 12.3. The van der Waals surface area contributed by atoms with Crippen molar-refractivity contribution in [3.8, 4) is 34.0 Å². The summed E-state index contributed by atoms with van der Waals surface area (Å²) in [6, 6.07) is 42.2. The Bertz CT molecular complexity index is 1620. The minimum Gasteiger partial charge on any atom is -0.356 e. The van der Waals surface area contributed by atoms with E-state index in [0.717, 1.165) is 39.6 Å². The molecule has 0 amide bonds. The molecule has 6 heteroatoms. The average molecular weight is 493 g/mol. The Hall–Kier alpha value is -5.36. The van der Waals surface area contributed by atoms with Gasteiger partial charge in [-0.15, -0.1) is 10.2 Å². The minimum atomic E-state index is 0.484. The third kappa shape index (κ3) is 5.24. The second-order valence-electron chi connectivity index (χ2n) is 8.68. The van der Waals surface area contributed by atoms with Gasteiger partial charge in [-0.2, -0.15) is 0 Å². The summed E-state index contributed by atoms with van der Waals surface area (Å²) in [5.74, 6) is 0.484. The number of pyridine rings is 1. The van der Waals surface area contributed by atoms with Crippen LogP contribution in [0.5, 0.6) is 0 Å². The van der Waals surface area contributed by atoms with Crippen LogP contribution in [0.1, 0.15) is 0 Å². The van der Waals surface area contributed by atoms with E-state index in [0.29, 0.717) is 17.2 Å². The van der Waals surface area contributed by atoms with E-state index in [4.69, 9.17) is 4.98 Å². The summed E-state index contributed by atoms with van der Waals surface area (Å²) >= 11 is 0. The molecule has 0 saturated heterocycles. The smallest absolute Gasteiger partial charge is 0.201 e. The van der Waals surface area contributed by atoms with Crippen LogP contribution in [0.2, 0.25) is 0 Å².